The Hall–Kier alpha value is -6.84. The number of aromatic nitrogens is 1. The molecule has 2 aliphatic heterocycles. The van der Waals surface area contributed by atoms with E-state index >= 15 is 0 Å². The Morgan fingerprint density at radius 2 is 1.23 bits per heavy atom. The molecular weight excluding hydrogens is 799 g/mol. The average molecular weight is 856 g/mol. The number of para-hydroxylation sites is 2. The minimum atomic E-state index is -0.133. The Morgan fingerprint density at radius 1 is 0.576 bits per heavy atom. The summed E-state index contributed by atoms with van der Waals surface area (Å²) < 4.78 is 2.66. The van der Waals surface area contributed by atoms with Crippen molar-refractivity contribution in [2.45, 2.75) is 95.9 Å². The lowest BCUT2D eigenvalue weighted by atomic mass is 9.81. The van der Waals surface area contributed by atoms with Gasteiger partial charge in [0.2, 0.25) is 0 Å². The lowest BCUT2D eigenvalue weighted by molar-refractivity contribution is 0.595. The molecule has 0 amide bonds. The highest BCUT2D eigenvalue weighted by atomic mass is 15.2. The summed E-state index contributed by atoms with van der Waals surface area (Å²) in [6.45, 7) is 4.85. The molecule has 13 rings (SSSR count). The number of nitrogens with zero attached hydrogens (tertiary/aromatic N) is 3. The first-order valence-electron chi connectivity index (χ1n) is 24.7. The molecule has 0 bridgehead atoms. The van der Waals surface area contributed by atoms with Crippen LogP contribution in [-0.4, -0.2) is 4.57 Å². The fourth-order valence-electron chi connectivity index (χ4n) is 12.6. The highest BCUT2D eigenvalue weighted by Crippen LogP contribution is 2.52. The Labute approximate surface area is 390 Å². The van der Waals surface area contributed by atoms with Crippen LogP contribution < -0.4 is 9.80 Å². The number of anilines is 3. The van der Waals surface area contributed by atoms with Crippen molar-refractivity contribution >= 4 is 46.2 Å². The van der Waals surface area contributed by atoms with Crippen LogP contribution in [0, 0.1) is 0 Å². The Kier molecular flexibility index (Phi) is 9.38. The normalized spacial score (nSPS) is 20.1. The molecule has 66 heavy (non-hydrogen) atoms. The molecule has 0 saturated carbocycles. The first-order valence-corrected chi connectivity index (χ1v) is 24.7. The summed E-state index contributed by atoms with van der Waals surface area (Å²) in [6.07, 6.45) is 37.8. The zero-order valence-electron chi connectivity index (χ0n) is 38.4. The molecule has 3 heteroatoms. The van der Waals surface area contributed by atoms with Gasteiger partial charge in [0, 0.05) is 61.7 Å². The fraction of sp³-hybridized carbons (Fsp3) is 0.238. The van der Waals surface area contributed by atoms with Crippen LogP contribution in [0.15, 0.2) is 180 Å². The molecule has 0 spiro atoms. The van der Waals surface area contributed by atoms with Crippen molar-refractivity contribution in [2.24, 2.45) is 0 Å². The second-order valence-electron chi connectivity index (χ2n) is 20.0. The molecule has 0 fully saturated rings. The van der Waals surface area contributed by atoms with Gasteiger partial charge in [-0.2, -0.15) is 0 Å². The molecule has 5 aliphatic carbocycles. The Morgan fingerprint density at radius 3 is 1.95 bits per heavy atom. The fourth-order valence-corrected chi connectivity index (χ4v) is 12.6. The van der Waals surface area contributed by atoms with E-state index in [0.717, 1.165) is 70.6 Å². The summed E-state index contributed by atoms with van der Waals surface area (Å²) in [7, 11) is 0. The van der Waals surface area contributed by atoms with Gasteiger partial charge in [0.05, 0.1) is 6.04 Å². The number of hydrogen-bond acceptors (Lipinski definition) is 2. The van der Waals surface area contributed by atoms with Crippen molar-refractivity contribution in [3.8, 4) is 11.1 Å². The van der Waals surface area contributed by atoms with E-state index in [4.69, 9.17) is 0 Å². The maximum atomic E-state index is 2.67. The monoisotopic (exact) mass is 855 g/mol. The van der Waals surface area contributed by atoms with Gasteiger partial charge in [0.1, 0.15) is 0 Å². The molecule has 1 aromatic heterocycles. The second-order valence-corrected chi connectivity index (χ2v) is 20.0. The number of allylic oxidation sites excluding steroid dienone is 13. The average Bonchev–Trinajstić information content (AvgIpc) is 3.62. The van der Waals surface area contributed by atoms with E-state index in [1.54, 1.807) is 0 Å². The summed E-state index contributed by atoms with van der Waals surface area (Å²) in [5.41, 5.74) is 26.4. The predicted octanol–water partition coefficient (Wildman–Crippen LogP) is 16.2. The highest BCUT2D eigenvalue weighted by Gasteiger charge is 2.37. The van der Waals surface area contributed by atoms with Crippen LogP contribution in [0.3, 0.4) is 0 Å². The maximum absolute atomic E-state index is 2.67. The SMILES string of the molecule is CC1(C)c2cc(/C=C/c3ccc4c(c3)c3c(n4C4C=CC=CC4)CCC(N4C5=C(C=CCC5)CCc5ccccc54)=C3)ccc2-c2ccc(N3C4=C(C=CCC4)CCc4ccccc43)cc21. The molecule has 0 N–H and O–H groups in total. The number of benzene rings is 5. The van der Waals surface area contributed by atoms with E-state index in [0.29, 0.717) is 6.04 Å². The topological polar surface area (TPSA) is 11.4 Å². The van der Waals surface area contributed by atoms with Gasteiger partial charge in [-0.05, 0) is 169 Å². The molecule has 1 unspecified atom stereocenters. The molecule has 0 saturated heterocycles. The molecule has 3 nitrogen and oxygen atoms in total. The van der Waals surface area contributed by atoms with Crippen LogP contribution in [0.5, 0.6) is 0 Å². The summed E-state index contributed by atoms with van der Waals surface area (Å²) in [4.78, 5) is 5.26. The molecule has 0 radical (unpaired) electrons. The minimum absolute atomic E-state index is 0.133. The van der Waals surface area contributed by atoms with Crippen LogP contribution in [0.1, 0.15) is 116 Å². The van der Waals surface area contributed by atoms with E-state index in [1.165, 1.54) is 112 Å². The second kappa shape index (κ2) is 15.7. The lowest BCUT2D eigenvalue weighted by Crippen LogP contribution is -2.26. The van der Waals surface area contributed by atoms with Gasteiger partial charge in [0.25, 0.3) is 0 Å². The van der Waals surface area contributed by atoms with E-state index in [-0.39, 0.29) is 5.41 Å². The predicted molar refractivity (Wildman–Crippen MR) is 278 cm³/mol. The first kappa shape index (κ1) is 39.5. The van der Waals surface area contributed by atoms with E-state index in [2.05, 4.69) is 198 Å². The summed E-state index contributed by atoms with van der Waals surface area (Å²) in [5, 5.41) is 1.36. The number of hydrogen-bond donors (Lipinski definition) is 0. The highest BCUT2D eigenvalue weighted by molar-refractivity contribution is 5.95. The zero-order chi connectivity index (χ0) is 43.9. The standard InChI is InChI=1S/C63H57N3/c1-63(2)55-39-43(26-34-51(55)52-35-32-50(41-56(52)63)66-59-22-12-8-16-46(59)30-31-47-17-9-13-23-60(47)66)25-24-42-27-36-61-53(38-42)54-40-49(33-37-62(54)64(61)48-18-4-3-5-19-48)65-57-20-10-6-14-44(57)28-29-45-15-7-11-21-58(45)65/h3-10,12,14-18,20,22,24-27,32,34-36,38-41,48H,11,13,19,21,23,28-31,33,37H2,1-2H3/b25-24+. The maximum Gasteiger partial charge on any atom is 0.0557 e. The molecule has 3 heterocycles. The lowest BCUT2D eigenvalue weighted by Gasteiger charge is -2.34. The van der Waals surface area contributed by atoms with Crippen molar-refractivity contribution in [1.29, 1.82) is 0 Å². The zero-order valence-corrected chi connectivity index (χ0v) is 38.4. The van der Waals surface area contributed by atoms with E-state index in [9.17, 15) is 0 Å². The Balaban J connectivity index is 0.860. The van der Waals surface area contributed by atoms with Gasteiger partial charge in [-0.15, -0.1) is 0 Å². The van der Waals surface area contributed by atoms with Crippen molar-refractivity contribution in [1.82, 2.24) is 4.57 Å². The molecule has 5 aromatic carbocycles. The van der Waals surface area contributed by atoms with E-state index < -0.39 is 0 Å². The van der Waals surface area contributed by atoms with E-state index in [1.807, 2.05) is 0 Å². The van der Waals surface area contributed by atoms with Crippen LogP contribution in [-0.2, 0) is 24.7 Å². The number of rotatable bonds is 5. The third kappa shape index (κ3) is 6.38. The summed E-state index contributed by atoms with van der Waals surface area (Å²) in [5.74, 6) is 0. The largest absolute Gasteiger partial charge is 0.337 e. The van der Waals surface area contributed by atoms with Crippen LogP contribution in [0.2, 0.25) is 0 Å². The van der Waals surface area contributed by atoms with Crippen LogP contribution in [0.25, 0.3) is 40.3 Å². The quantitative estimate of drug-likeness (QED) is 0.160. The molecule has 1 atom stereocenters. The van der Waals surface area contributed by atoms with Crippen molar-refractivity contribution in [3.05, 3.63) is 225 Å². The first-order chi connectivity index (χ1) is 32.5. The van der Waals surface area contributed by atoms with Gasteiger partial charge in [-0.3, -0.25) is 0 Å². The molecular formula is C63H57N3. The third-order valence-corrected chi connectivity index (χ3v) is 15.9. The molecule has 7 aliphatic rings. The van der Waals surface area contributed by atoms with Crippen molar-refractivity contribution in [2.75, 3.05) is 9.80 Å². The van der Waals surface area contributed by atoms with Gasteiger partial charge in [-0.25, -0.2) is 0 Å². The van der Waals surface area contributed by atoms with Gasteiger partial charge in [0.15, 0.2) is 0 Å². The third-order valence-electron chi connectivity index (χ3n) is 15.9. The summed E-state index contributed by atoms with van der Waals surface area (Å²) in [6, 6.07) is 40.2. The minimum Gasteiger partial charge on any atom is -0.337 e. The van der Waals surface area contributed by atoms with Gasteiger partial charge < -0.3 is 14.4 Å². The molecule has 6 aromatic rings. The summed E-state index contributed by atoms with van der Waals surface area (Å²) >= 11 is 0. The Bertz CT molecular complexity index is 3270. The van der Waals surface area contributed by atoms with Gasteiger partial charge in [-0.1, -0.05) is 141 Å². The smallest absolute Gasteiger partial charge is 0.0557 e. The van der Waals surface area contributed by atoms with Crippen LogP contribution >= 0.6 is 0 Å². The number of fused-ring (bicyclic) bond motifs is 8. The van der Waals surface area contributed by atoms with Gasteiger partial charge >= 0.3 is 0 Å². The molecule has 324 valence electrons. The van der Waals surface area contributed by atoms with Crippen molar-refractivity contribution < 1.29 is 0 Å². The van der Waals surface area contributed by atoms with Crippen LogP contribution in [0.4, 0.5) is 17.1 Å². The number of aryl methyl sites for hydroxylation is 2. The van der Waals surface area contributed by atoms with Crippen molar-refractivity contribution in [3.63, 3.8) is 0 Å².